The maximum atomic E-state index is 2.35. The van der Waals surface area contributed by atoms with Gasteiger partial charge in [-0.15, -0.1) is 11.3 Å². The van der Waals surface area contributed by atoms with E-state index in [4.69, 9.17) is 0 Å². The van der Waals surface area contributed by atoms with Crippen molar-refractivity contribution in [2.24, 2.45) is 0 Å². The molecule has 5 aromatic carbocycles. The van der Waals surface area contributed by atoms with E-state index in [1.165, 1.54) is 64.0 Å². The summed E-state index contributed by atoms with van der Waals surface area (Å²) < 4.78 is 2.79. The Morgan fingerprint density at radius 1 is 0.571 bits per heavy atom. The van der Waals surface area contributed by atoms with Crippen LogP contribution in [-0.2, 0) is 6.42 Å². The zero-order chi connectivity index (χ0) is 18.2. The fourth-order valence-corrected chi connectivity index (χ4v) is 6.23. The molecular weight excluding hydrogens is 356 g/mol. The fraction of sp³-hybridized carbons (Fsp3) is 0.0370. The van der Waals surface area contributed by atoms with Crippen molar-refractivity contribution in [1.29, 1.82) is 0 Å². The minimum atomic E-state index is 1.03. The Bertz CT molecular complexity index is 1580. The Hall–Kier alpha value is -3.16. The zero-order valence-corrected chi connectivity index (χ0v) is 16.0. The average molecular weight is 372 g/mol. The molecule has 0 saturated heterocycles. The number of fused-ring (bicyclic) bond motifs is 11. The van der Waals surface area contributed by atoms with Gasteiger partial charge in [0.15, 0.2) is 0 Å². The minimum absolute atomic E-state index is 1.03. The van der Waals surface area contributed by atoms with Crippen LogP contribution in [0.3, 0.4) is 0 Å². The first-order chi connectivity index (χ1) is 13.9. The third kappa shape index (κ3) is 1.80. The van der Waals surface area contributed by atoms with Gasteiger partial charge in [0.2, 0.25) is 0 Å². The lowest BCUT2D eigenvalue weighted by Gasteiger charge is -2.10. The predicted molar refractivity (Wildman–Crippen MR) is 123 cm³/mol. The van der Waals surface area contributed by atoms with Gasteiger partial charge < -0.3 is 0 Å². The van der Waals surface area contributed by atoms with Crippen LogP contribution in [0.15, 0.2) is 84.9 Å². The number of hydrogen-bond donors (Lipinski definition) is 0. The Morgan fingerprint density at radius 2 is 1.39 bits per heavy atom. The SMILES string of the molecule is c1ccc2c(c1)ccc1c3c(ccc12)Cc1c-3ccc2sc3ccccc3c12. The van der Waals surface area contributed by atoms with E-state index >= 15 is 0 Å². The van der Waals surface area contributed by atoms with Gasteiger partial charge in [-0.1, -0.05) is 72.8 Å². The van der Waals surface area contributed by atoms with Crippen molar-refractivity contribution < 1.29 is 0 Å². The summed E-state index contributed by atoms with van der Waals surface area (Å²) in [5, 5.41) is 8.27. The molecule has 1 aliphatic carbocycles. The van der Waals surface area contributed by atoms with E-state index in [1.807, 2.05) is 11.3 Å². The highest BCUT2D eigenvalue weighted by Crippen LogP contribution is 2.48. The summed E-state index contributed by atoms with van der Waals surface area (Å²) in [7, 11) is 0. The summed E-state index contributed by atoms with van der Waals surface area (Å²) in [6, 6.07) is 31.5. The molecule has 1 heterocycles. The molecule has 28 heavy (non-hydrogen) atoms. The molecule has 1 aliphatic rings. The summed E-state index contributed by atoms with van der Waals surface area (Å²) in [5.74, 6) is 0. The van der Waals surface area contributed by atoms with Gasteiger partial charge in [0.1, 0.15) is 0 Å². The lowest BCUT2D eigenvalue weighted by molar-refractivity contribution is 1.29. The zero-order valence-electron chi connectivity index (χ0n) is 15.2. The maximum Gasteiger partial charge on any atom is 0.0358 e. The van der Waals surface area contributed by atoms with Crippen molar-refractivity contribution in [3.05, 3.63) is 96.1 Å². The molecule has 6 aromatic rings. The highest BCUT2D eigenvalue weighted by molar-refractivity contribution is 7.25. The Kier molecular flexibility index (Phi) is 2.76. The Labute approximate surface area is 166 Å². The standard InChI is InChI=1S/C27H16S/c1-2-6-18-16(5-1)9-12-20-19(18)11-10-17-15-23-21(26(17)20)13-14-25-27(23)22-7-3-4-8-24(22)28-25/h1-14H,15H2. The lowest BCUT2D eigenvalue weighted by atomic mass is 9.94. The van der Waals surface area contributed by atoms with E-state index in [-0.39, 0.29) is 0 Å². The largest absolute Gasteiger partial charge is 0.135 e. The van der Waals surface area contributed by atoms with Crippen LogP contribution in [0.5, 0.6) is 0 Å². The van der Waals surface area contributed by atoms with Gasteiger partial charge in [-0.05, 0) is 62.4 Å². The smallest absolute Gasteiger partial charge is 0.0358 e. The summed E-state index contributed by atoms with van der Waals surface area (Å²) in [6.07, 6.45) is 1.03. The maximum absolute atomic E-state index is 2.35. The molecule has 0 saturated carbocycles. The number of rotatable bonds is 0. The van der Waals surface area contributed by atoms with Crippen LogP contribution in [0.1, 0.15) is 11.1 Å². The number of hydrogen-bond acceptors (Lipinski definition) is 1. The van der Waals surface area contributed by atoms with Crippen LogP contribution < -0.4 is 0 Å². The molecule has 0 amide bonds. The quantitative estimate of drug-likeness (QED) is 0.237. The van der Waals surface area contributed by atoms with Gasteiger partial charge in [-0.2, -0.15) is 0 Å². The van der Waals surface area contributed by atoms with Crippen LogP contribution in [0.25, 0.3) is 52.8 Å². The van der Waals surface area contributed by atoms with Crippen molar-refractivity contribution in [3.63, 3.8) is 0 Å². The number of benzene rings is 5. The third-order valence-electron chi connectivity index (χ3n) is 6.30. The normalized spacial score (nSPS) is 12.9. The molecule has 1 aromatic heterocycles. The van der Waals surface area contributed by atoms with E-state index in [0.29, 0.717) is 0 Å². The fourth-order valence-electron chi connectivity index (χ4n) is 5.09. The van der Waals surface area contributed by atoms with Gasteiger partial charge in [-0.3, -0.25) is 0 Å². The van der Waals surface area contributed by atoms with Crippen molar-refractivity contribution in [2.45, 2.75) is 6.42 Å². The molecule has 0 bridgehead atoms. The predicted octanol–water partition coefficient (Wildman–Crippen LogP) is 7.93. The van der Waals surface area contributed by atoms with E-state index in [1.54, 1.807) is 0 Å². The molecular formula is C27H16S. The minimum Gasteiger partial charge on any atom is -0.135 e. The highest BCUT2D eigenvalue weighted by Gasteiger charge is 2.24. The summed E-state index contributed by atoms with van der Waals surface area (Å²) in [5.41, 5.74) is 5.83. The van der Waals surface area contributed by atoms with Gasteiger partial charge in [0.25, 0.3) is 0 Å². The van der Waals surface area contributed by atoms with Crippen LogP contribution in [0.2, 0.25) is 0 Å². The molecule has 1 heteroatoms. The molecule has 0 radical (unpaired) electrons. The van der Waals surface area contributed by atoms with E-state index in [2.05, 4.69) is 84.9 Å². The molecule has 0 atom stereocenters. The summed E-state index contributed by atoms with van der Waals surface area (Å²) in [4.78, 5) is 0. The second-order valence-electron chi connectivity index (χ2n) is 7.72. The molecule has 0 spiro atoms. The van der Waals surface area contributed by atoms with Crippen LogP contribution in [-0.4, -0.2) is 0 Å². The number of thiophene rings is 1. The monoisotopic (exact) mass is 372 g/mol. The van der Waals surface area contributed by atoms with Crippen molar-refractivity contribution >= 4 is 53.1 Å². The van der Waals surface area contributed by atoms with Crippen LogP contribution >= 0.6 is 11.3 Å². The Morgan fingerprint density at radius 3 is 2.36 bits per heavy atom. The van der Waals surface area contributed by atoms with Gasteiger partial charge in [0.05, 0.1) is 0 Å². The molecule has 0 fully saturated rings. The molecule has 7 rings (SSSR count). The first-order valence-electron chi connectivity index (χ1n) is 9.75. The molecule has 130 valence electrons. The van der Waals surface area contributed by atoms with E-state index in [0.717, 1.165) is 6.42 Å². The second-order valence-corrected chi connectivity index (χ2v) is 8.81. The summed E-state index contributed by atoms with van der Waals surface area (Å²) in [6.45, 7) is 0. The molecule has 0 nitrogen and oxygen atoms in total. The average Bonchev–Trinajstić information content (AvgIpc) is 3.31. The van der Waals surface area contributed by atoms with Crippen molar-refractivity contribution in [2.75, 3.05) is 0 Å². The van der Waals surface area contributed by atoms with Crippen molar-refractivity contribution in [3.8, 4) is 11.1 Å². The topological polar surface area (TPSA) is 0 Å². The Balaban J connectivity index is 1.63. The summed E-state index contributed by atoms with van der Waals surface area (Å²) >= 11 is 1.91. The highest BCUT2D eigenvalue weighted by atomic mass is 32.1. The van der Waals surface area contributed by atoms with E-state index < -0.39 is 0 Å². The first kappa shape index (κ1) is 14.8. The van der Waals surface area contributed by atoms with Gasteiger partial charge in [0, 0.05) is 20.2 Å². The third-order valence-corrected chi connectivity index (χ3v) is 7.44. The lowest BCUT2D eigenvalue weighted by Crippen LogP contribution is -1.84. The van der Waals surface area contributed by atoms with Crippen molar-refractivity contribution in [1.82, 2.24) is 0 Å². The van der Waals surface area contributed by atoms with Crippen LogP contribution in [0, 0.1) is 0 Å². The molecule has 0 aliphatic heterocycles. The van der Waals surface area contributed by atoms with Gasteiger partial charge in [-0.25, -0.2) is 0 Å². The molecule has 0 unspecified atom stereocenters. The van der Waals surface area contributed by atoms with E-state index in [9.17, 15) is 0 Å². The second kappa shape index (κ2) is 5.21. The van der Waals surface area contributed by atoms with Gasteiger partial charge >= 0.3 is 0 Å². The molecule has 0 N–H and O–H groups in total. The first-order valence-corrected chi connectivity index (χ1v) is 10.6. The van der Waals surface area contributed by atoms with Crippen LogP contribution in [0.4, 0.5) is 0 Å².